The average molecular weight is 750 g/mol. The van der Waals surface area contributed by atoms with Crippen molar-refractivity contribution >= 4 is 75.5 Å². The van der Waals surface area contributed by atoms with Crippen LogP contribution < -0.4 is 0 Å². The molecule has 0 saturated carbocycles. The Balaban J connectivity index is 1.02. The van der Waals surface area contributed by atoms with Gasteiger partial charge in [0.1, 0.15) is 22.3 Å². The second-order valence-corrected chi connectivity index (χ2v) is 15.1. The maximum atomic E-state index is 6.77. The van der Waals surface area contributed by atoms with Gasteiger partial charge < -0.3 is 8.83 Å². The van der Waals surface area contributed by atoms with Crippen LogP contribution in [-0.2, 0) is 0 Å². The van der Waals surface area contributed by atoms with Gasteiger partial charge in [-0.1, -0.05) is 121 Å². The number of para-hydroxylation sites is 2. The molecule has 0 N–H and O–H groups in total. The molecule has 0 aliphatic carbocycles. The zero-order valence-electron chi connectivity index (χ0n) is 30.0. The Labute approximate surface area is 328 Å². The zero-order valence-corrected chi connectivity index (χ0v) is 30.9. The van der Waals surface area contributed by atoms with Crippen molar-refractivity contribution in [2.75, 3.05) is 0 Å². The Kier molecular flexibility index (Phi) is 6.96. The van der Waals surface area contributed by atoms with Crippen molar-refractivity contribution in [1.82, 2.24) is 24.9 Å². The van der Waals surface area contributed by atoms with Gasteiger partial charge >= 0.3 is 0 Å². The van der Waals surface area contributed by atoms with Crippen LogP contribution in [0.2, 0.25) is 0 Å². The quantitative estimate of drug-likeness (QED) is 0.173. The fourth-order valence-corrected chi connectivity index (χ4v) is 8.99. The van der Waals surface area contributed by atoms with Gasteiger partial charge in [-0.15, -0.1) is 11.3 Å². The van der Waals surface area contributed by atoms with E-state index in [1.165, 1.54) is 4.70 Å². The molecule has 0 fully saturated rings. The molecule has 7 nitrogen and oxygen atoms in total. The van der Waals surface area contributed by atoms with Crippen molar-refractivity contribution in [3.8, 4) is 56.8 Å². The molecule has 0 amide bonds. The van der Waals surface area contributed by atoms with Crippen LogP contribution >= 0.6 is 11.3 Å². The summed E-state index contributed by atoms with van der Waals surface area (Å²) in [7, 11) is 0. The van der Waals surface area contributed by atoms with Gasteiger partial charge in [-0.2, -0.15) is 0 Å². The minimum atomic E-state index is 0.539. The minimum absolute atomic E-state index is 0.539. The van der Waals surface area contributed by atoms with Crippen LogP contribution in [-0.4, -0.2) is 24.9 Å². The molecular weight excluding hydrogens is 723 g/mol. The van der Waals surface area contributed by atoms with E-state index < -0.39 is 0 Å². The second kappa shape index (κ2) is 12.5. The van der Waals surface area contributed by atoms with Crippen molar-refractivity contribution in [3.05, 3.63) is 164 Å². The van der Waals surface area contributed by atoms with Crippen LogP contribution in [0.5, 0.6) is 0 Å². The van der Waals surface area contributed by atoms with Gasteiger partial charge in [-0.05, 0) is 42.5 Å². The van der Waals surface area contributed by atoms with E-state index in [-0.39, 0.29) is 0 Å². The van der Waals surface area contributed by atoms with E-state index in [0.717, 1.165) is 87.4 Å². The molecular formula is C49H27N5O2S. The normalized spacial score (nSPS) is 11.9. The molecule has 12 aromatic rings. The number of nitrogens with zero attached hydrogens (tertiary/aromatic N) is 5. The van der Waals surface area contributed by atoms with Crippen LogP contribution in [0.15, 0.2) is 173 Å². The molecule has 0 unspecified atom stereocenters. The largest absolute Gasteiger partial charge is 0.456 e. The molecule has 12 rings (SSSR count). The average Bonchev–Trinajstić information content (AvgIpc) is 3.97. The van der Waals surface area contributed by atoms with Gasteiger partial charge in [-0.3, -0.25) is 0 Å². The predicted octanol–water partition coefficient (Wildman–Crippen LogP) is 13.2. The SMILES string of the molecule is c1ccc(-c2nc(-c3ccc4c(c3)oc3ccccc34)nc(-c3ccc4c(c3)oc3c(-c5nc(-c6ccccc6)c6sc7ccccc7c6n5)cccc34)n2)cc1. The van der Waals surface area contributed by atoms with Crippen molar-refractivity contribution in [2.45, 2.75) is 0 Å². The number of thiophene rings is 1. The van der Waals surface area contributed by atoms with Crippen LogP contribution in [0.4, 0.5) is 0 Å². The number of fused-ring (bicyclic) bond motifs is 9. The smallest absolute Gasteiger partial charge is 0.164 e. The van der Waals surface area contributed by atoms with E-state index in [2.05, 4.69) is 60.7 Å². The van der Waals surface area contributed by atoms with Crippen LogP contribution in [0.25, 0.3) is 121 Å². The summed E-state index contributed by atoms with van der Waals surface area (Å²) in [6.07, 6.45) is 0. The molecule has 0 atom stereocenters. The number of hydrogen-bond acceptors (Lipinski definition) is 8. The van der Waals surface area contributed by atoms with Crippen LogP contribution in [0, 0.1) is 0 Å². The summed E-state index contributed by atoms with van der Waals surface area (Å²) in [5, 5.41) is 5.20. The summed E-state index contributed by atoms with van der Waals surface area (Å²) in [6, 6.07) is 55.2. The molecule has 0 saturated heterocycles. The third-order valence-corrected chi connectivity index (χ3v) is 11.7. The summed E-state index contributed by atoms with van der Waals surface area (Å²) in [5.74, 6) is 2.29. The van der Waals surface area contributed by atoms with E-state index in [0.29, 0.717) is 28.9 Å². The fraction of sp³-hybridized carbons (Fsp3) is 0. The molecule has 5 heterocycles. The molecule has 0 spiro atoms. The number of rotatable bonds is 5. The summed E-state index contributed by atoms with van der Waals surface area (Å²) >= 11 is 1.72. The number of hydrogen-bond donors (Lipinski definition) is 0. The van der Waals surface area contributed by atoms with E-state index in [9.17, 15) is 0 Å². The van der Waals surface area contributed by atoms with Crippen LogP contribution in [0.3, 0.4) is 0 Å². The van der Waals surface area contributed by atoms with Crippen molar-refractivity contribution in [3.63, 3.8) is 0 Å². The number of aromatic nitrogens is 5. The van der Waals surface area contributed by atoms with Gasteiger partial charge in [0.2, 0.25) is 0 Å². The summed E-state index contributed by atoms with van der Waals surface area (Å²) in [6.45, 7) is 0. The molecule has 266 valence electrons. The lowest BCUT2D eigenvalue weighted by atomic mass is 10.1. The molecule has 8 heteroatoms. The van der Waals surface area contributed by atoms with Crippen molar-refractivity contribution < 1.29 is 8.83 Å². The third-order valence-electron chi connectivity index (χ3n) is 10.6. The van der Waals surface area contributed by atoms with Gasteiger partial charge in [-0.25, -0.2) is 24.9 Å². The molecule has 57 heavy (non-hydrogen) atoms. The van der Waals surface area contributed by atoms with E-state index in [1.54, 1.807) is 11.3 Å². The first kappa shape index (κ1) is 31.8. The van der Waals surface area contributed by atoms with Gasteiger partial charge in [0.05, 0.1) is 21.5 Å². The summed E-state index contributed by atoms with van der Waals surface area (Å²) in [4.78, 5) is 25.5. The predicted molar refractivity (Wildman–Crippen MR) is 230 cm³/mol. The first-order valence-electron chi connectivity index (χ1n) is 18.7. The maximum Gasteiger partial charge on any atom is 0.164 e. The lowest BCUT2D eigenvalue weighted by Crippen LogP contribution is -2.00. The van der Waals surface area contributed by atoms with Gasteiger partial charge in [0.25, 0.3) is 0 Å². The van der Waals surface area contributed by atoms with E-state index in [4.69, 9.17) is 33.8 Å². The molecule has 0 bridgehead atoms. The number of benzene rings is 7. The van der Waals surface area contributed by atoms with Gasteiger partial charge in [0, 0.05) is 53.9 Å². The van der Waals surface area contributed by atoms with E-state index >= 15 is 0 Å². The van der Waals surface area contributed by atoms with Gasteiger partial charge in [0.15, 0.2) is 23.3 Å². The molecule has 5 aromatic heterocycles. The minimum Gasteiger partial charge on any atom is -0.456 e. The Morgan fingerprint density at radius 3 is 1.70 bits per heavy atom. The summed E-state index contributed by atoms with van der Waals surface area (Å²) in [5.41, 5.74) is 9.32. The molecule has 0 radical (unpaired) electrons. The van der Waals surface area contributed by atoms with Crippen molar-refractivity contribution in [2.24, 2.45) is 0 Å². The highest BCUT2D eigenvalue weighted by Crippen LogP contribution is 2.42. The molecule has 0 aliphatic heterocycles. The molecule has 0 aliphatic rings. The lowest BCUT2D eigenvalue weighted by Gasteiger charge is -2.08. The van der Waals surface area contributed by atoms with E-state index in [1.807, 2.05) is 103 Å². The standard InChI is InChI=1S/C49H27N5O2S/c1-3-12-28(13-4-1)42-45-43(36-17-8-10-21-41(36)57-45)51-49(50-42)37-19-11-18-35-34-25-23-31(27-40(34)56-44(35)37)48-53-46(29-14-5-2-6-15-29)52-47(54-48)30-22-24-33-32-16-7-9-20-38(32)55-39(33)26-30/h1-27H. The second-order valence-electron chi connectivity index (χ2n) is 14.0. The Bertz CT molecular complexity index is 3540. The summed E-state index contributed by atoms with van der Waals surface area (Å²) < 4.78 is 15.3. The Morgan fingerprint density at radius 2 is 0.947 bits per heavy atom. The first-order chi connectivity index (χ1) is 28.2. The first-order valence-corrected chi connectivity index (χ1v) is 19.5. The maximum absolute atomic E-state index is 6.77. The monoisotopic (exact) mass is 749 g/mol. The highest BCUT2D eigenvalue weighted by Gasteiger charge is 2.21. The highest BCUT2D eigenvalue weighted by atomic mass is 32.1. The van der Waals surface area contributed by atoms with Crippen LogP contribution in [0.1, 0.15) is 0 Å². The zero-order chi connectivity index (χ0) is 37.5. The Morgan fingerprint density at radius 1 is 0.368 bits per heavy atom. The van der Waals surface area contributed by atoms with Crippen molar-refractivity contribution in [1.29, 1.82) is 0 Å². The molecule has 7 aromatic carbocycles. The highest BCUT2D eigenvalue weighted by molar-refractivity contribution is 7.26. The number of furan rings is 2. The Hall–Kier alpha value is -7.55. The fourth-order valence-electron chi connectivity index (χ4n) is 7.83. The lowest BCUT2D eigenvalue weighted by molar-refractivity contribution is 0.669. The third kappa shape index (κ3) is 5.15. The topological polar surface area (TPSA) is 90.7 Å².